The van der Waals surface area contributed by atoms with Gasteiger partial charge in [0, 0.05) is 31.2 Å². The van der Waals surface area contributed by atoms with Crippen molar-refractivity contribution in [2.75, 3.05) is 27.4 Å². The minimum atomic E-state index is -0.342. The topological polar surface area (TPSA) is 101 Å². The Morgan fingerprint density at radius 3 is 2.81 bits per heavy atom. The van der Waals surface area contributed by atoms with Gasteiger partial charge < -0.3 is 24.8 Å². The van der Waals surface area contributed by atoms with Gasteiger partial charge in [-0.1, -0.05) is 0 Å². The average Bonchev–Trinajstić information content (AvgIpc) is 3.00. The van der Waals surface area contributed by atoms with Gasteiger partial charge in [0.25, 0.3) is 5.56 Å². The number of benzene rings is 1. The number of hydrogen-bond donors (Lipinski definition) is 3. The molecule has 0 atom stereocenters. The summed E-state index contributed by atoms with van der Waals surface area (Å²) >= 11 is 5.29. The number of ether oxygens (including phenoxy) is 2. The van der Waals surface area contributed by atoms with E-state index in [-0.39, 0.29) is 22.8 Å². The van der Waals surface area contributed by atoms with E-state index in [9.17, 15) is 9.59 Å². The predicted octanol–water partition coefficient (Wildman–Crippen LogP) is 1.70. The summed E-state index contributed by atoms with van der Waals surface area (Å²) in [5, 5.41) is 3.55. The number of hydrogen-bond acceptors (Lipinski definition) is 5. The maximum absolute atomic E-state index is 12.8. The summed E-state index contributed by atoms with van der Waals surface area (Å²) in [4.78, 5) is 31.0. The average molecular weight is 376 g/mol. The van der Waals surface area contributed by atoms with Crippen molar-refractivity contribution in [3.8, 4) is 5.75 Å². The largest absolute Gasteiger partial charge is 0.497 e. The Bertz CT molecular complexity index is 1070. The number of nitrogens with one attached hydrogen (secondary N) is 3. The van der Waals surface area contributed by atoms with E-state index >= 15 is 0 Å². The lowest BCUT2D eigenvalue weighted by Gasteiger charge is -2.08. The van der Waals surface area contributed by atoms with Gasteiger partial charge in [-0.15, -0.1) is 0 Å². The van der Waals surface area contributed by atoms with Crippen LogP contribution in [-0.4, -0.2) is 47.8 Å². The quantitative estimate of drug-likeness (QED) is 0.430. The molecule has 0 aliphatic rings. The molecule has 9 heteroatoms. The molecule has 3 N–H and O–H groups in total. The highest BCUT2D eigenvalue weighted by Crippen LogP contribution is 2.25. The van der Waals surface area contributed by atoms with Gasteiger partial charge in [0.2, 0.25) is 5.91 Å². The van der Waals surface area contributed by atoms with E-state index < -0.39 is 0 Å². The van der Waals surface area contributed by atoms with Crippen molar-refractivity contribution in [1.82, 2.24) is 19.9 Å². The fraction of sp³-hybridized carbons (Fsp3) is 0.353. The molecular weight excluding hydrogens is 356 g/mol. The van der Waals surface area contributed by atoms with Gasteiger partial charge in [0.1, 0.15) is 17.8 Å². The fourth-order valence-electron chi connectivity index (χ4n) is 2.78. The lowest BCUT2D eigenvalue weighted by atomic mass is 10.2. The standard InChI is InChI=1S/C17H20N4O4S/c1-24-7-3-6-18-13(22)9-21-16(23)15-14(20-17(21)26)11-8-10(25-2)4-5-12(11)19-15/h4-5,8,19H,3,6-7,9H2,1-2H3,(H,18,22)(H,20,26). The first-order chi connectivity index (χ1) is 12.5. The van der Waals surface area contributed by atoms with Crippen molar-refractivity contribution >= 4 is 40.1 Å². The summed E-state index contributed by atoms with van der Waals surface area (Å²) in [5.41, 5.74) is 1.41. The van der Waals surface area contributed by atoms with Crippen molar-refractivity contribution in [2.45, 2.75) is 13.0 Å². The molecule has 3 aromatic rings. The Morgan fingerprint density at radius 1 is 1.27 bits per heavy atom. The lowest BCUT2D eigenvalue weighted by Crippen LogP contribution is -2.34. The first kappa shape index (κ1) is 18.2. The first-order valence-corrected chi connectivity index (χ1v) is 8.54. The Morgan fingerprint density at radius 2 is 2.08 bits per heavy atom. The molecule has 0 aliphatic carbocycles. The van der Waals surface area contributed by atoms with Crippen molar-refractivity contribution in [3.05, 3.63) is 33.3 Å². The van der Waals surface area contributed by atoms with E-state index in [1.54, 1.807) is 20.3 Å². The van der Waals surface area contributed by atoms with E-state index in [1.165, 1.54) is 4.57 Å². The van der Waals surface area contributed by atoms with Crippen LogP contribution in [0.2, 0.25) is 0 Å². The van der Waals surface area contributed by atoms with Crippen LogP contribution in [0.4, 0.5) is 0 Å². The molecule has 0 spiro atoms. The number of carbonyl (C=O) groups excluding carboxylic acids is 1. The number of rotatable bonds is 7. The van der Waals surface area contributed by atoms with Gasteiger partial charge in [-0.05, 0) is 36.8 Å². The Hall–Kier alpha value is -2.65. The highest BCUT2D eigenvalue weighted by Gasteiger charge is 2.14. The number of H-pyrrole nitrogens is 2. The molecule has 0 saturated heterocycles. The third kappa shape index (κ3) is 3.49. The molecule has 3 rings (SSSR count). The van der Waals surface area contributed by atoms with Crippen LogP contribution in [0.5, 0.6) is 5.75 Å². The first-order valence-electron chi connectivity index (χ1n) is 8.13. The molecule has 0 radical (unpaired) electrons. The molecule has 0 unspecified atom stereocenters. The molecule has 2 heterocycles. The summed E-state index contributed by atoms with van der Waals surface area (Å²) in [6, 6.07) is 5.46. The molecule has 1 amide bonds. The van der Waals surface area contributed by atoms with Gasteiger partial charge in [-0.25, -0.2) is 0 Å². The second-order valence-corrected chi connectivity index (χ2v) is 6.19. The fourth-order valence-corrected chi connectivity index (χ4v) is 3.03. The number of methoxy groups -OCH3 is 2. The summed E-state index contributed by atoms with van der Waals surface area (Å²) in [7, 11) is 3.18. The van der Waals surface area contributed by atoms with E-state index in [2.05, 4.69) is 15.3 Å². The molecule has 138 valence electrons. The van der Waals surface area contributed by atoms with E-state index in [1.807, 2.05) is 12.1 Å². The Labute approximate surface area is 154 Å². The molecular formula is C17H20N4O4S. The van der Waals surface area contributed by atoms with Crippen LogP contribution in [0.15, 0.2) is 23.0 Å². The Balaban J connectivity index is 1.95. The maximum Gasteiger partial charge on any atom is 0.279 e. The highest BCUT2D eigenvalue weighted by atomic mass is 32.1. The van der Waals surface area contributed by atoms with Crippen molar-refractivity contribution < 1.29 is 14.3 Å². The van der Waals surface area contributed by atoms with E-state index in [4.69, 9.17) is 21.7 Å². The third-order valence-electron chi connectivity index (χ3n) is 4.09. The van der Waals surface area contributed by atoms with Gasteiger partial charge >= 0.3 is 0 Å². The second-order valence-electron chi connectivity index (χ2n) is 5.80. The normalized spacial score (nSPS) is 11.2. The number of carbonyl (C=O) groups is 1. The van der Waals surface area contributed by atoms with E-state index in [0.717, 1.165) is 10.9 Å². The molecule has 0 saturated carbocycles. The van der Waals surface area contributed by atoms with Crippen LogP contribution in [-0.2, 0) is 16.1 Å². The van der Waals surface area contributed by atoms with Crippen molar-refractivity contribution in [2.24, 2.45) is 0 Å². The van der Waals surface area contributed by atoms with E-state index in [0.29, 0.717) is 36.4 Å². The number of aromatic amines is 2. The third-order valence-corrected chi connectivity index (χ3v) is 4.41. The number of amides is 1. The zero-order valence-electron chi connectivity index (χ0n) is 14.5. The van der Waals surface area contributed by atoms with Gasteiger partial charge in [0.05, 0.1) is 12.6 Å². The minimum absolute atomic E-state index is 0.143. The highest BCUT2D eigenvalue weighted by molar-refractivity contribution is 7.71. The molecule has 8 nitrogen and oxygen atoms in total. The zero-order chi connectivity index (χ0) is 18.7. The van der Waals surface area contributed by atoms with Gasteiger partial charge in [-0.3, -0.25) is 14.2 Å². The molecule has 0 aliphatic heterocycles. The molecule has 26 heavy (non-hydrogen) atoms. The zero-order valence-corrected chi connectivity index (χ0v) is 15.4. The van der Waals surface area contributed by atoms with Crippen LogP contribution >= 0.6 is 12.2 Å². The SMILES string of the molecule is COCCCNC(=O)Cn1c(=S)[nH]c2c([nH]c3ccc(OC)cc32)c1=O. The molecule has 0 bridgehead atoms. The maximum atomic E-state index is 12.8. The van der Waals surface area contributed by atoms with Crippen LogP contribution in [0.25, 0.3) is 21.9 Å². The van der Waals surface area contributed by atoms with Crippen molar-refractivity contribution in [3.63, 3.8) is 0 Å². The molecule has 1 aromatic carbocycles. The smallest absolute Gasteiger partial charge is 0.279 e. The van der Waals surface area contributed by atoms with Crippen LogP contribution < -0.4 is 15.6 Å². The summed E-state index contributed by atoms with van der Waals surface area (Å²) in [6.07, 6.45) is 0.701. The van der Waals surface area contributed by atoms with Crippen molar-refractivity contribution in [1.29, 1.82) is 0 Å². The summed E-state index contributed by atoms with van der Waals surface area (Å²) < 4.78 is 11.6. The van der Waals surface area contributed by atoms with Gasteiger partial charge in [-0.2, -0.15) is 0 Å². The monoisotopic (exact) mass is 376 g/mol. The molecule has 2 aromatic heterocycles. The predicted molar refractivity (Wildman–Crippen MR) is 101 cm³/mol. The lowest BCUT2D eigenvalue weighted by molar-refractivity contribution is -0.121. The number of fused-ring (bicyclic) bond motifs is 3. The minimum Gasteiger partial charge on any atom is -0.497 e. The van der Waals surface area contributed by atoms with Gasteiger partial charge in [0.15, 0.2) is 4.77 Å². The van der Waals surface area contributed by atoms with Crippen LogP contribution in [0.3, 0.4) is 0 Å². The summed E-state index contributed by atoms with van der Waals surface area (Å²) in [6.45, 7) is 0.896. The number of nitrogens with zero attached hydrogens (tertiary/aromatic N) is 1. The second kappa shape index (κ2) is 7.71. The Kier molecular flexibility index (Phi) is 5.38. The van der Waals surface area contributed by atoms with Crippen LogP contribution in [0, 0.1) is 4.77 Å². The van der Waals surface area contributed by atoms with Crippen LogP contribution in [0.1, 0.15) is 6.42 Å². The summed E-state index contributed by atoms with van der Waals surface area (Å²) in [5.74, 6) is 0.400. The number of aromatic nitrogens is 3. The molecule has 0 fully saturated rings.